The molecule has 0 aromatic heterocycles. The summed E-state index contributed by atoms with van der Waals surface area (Å²) in [5.41, 5.74) is 0.533. The molecule has 0 aliphatic carbocycles. The number of aliphatic carboxylic acids is 2. The zero-order valence-corrected chi connectivity index (χ0v) is 18.1. The minimum atomic E-state index is -1.16. The normalized spacial score (nSPS) is 14.1. The van der Waals surface area contributed by atoms with Crippen molar-refractivity contribution in [3.8, 4) is 17.2 Å². The van der Waals surface area contributed by atoms with Crippen molar-refractivity contribution < 1.29 is 43.6 Å². The van der Waals surface area contributed by atoms with E-state index in [9.17, 15) is 14.4 Å². The highest BCUT2D eigenvalue weighted by Gasteiger charge is 2.33. The van der Waals surface area contributed by atoms with Crippen molar-refractivity contribution >= 4 is 58.2 Å². The highest BCUT2D eigenvalue weighted by molar-refractivity contribution is 8.26. The molecule has 1 fully saturated rings. The summed E-state index contributed by atoms with van der Waals surface area (Å²) in [6.45, 7) is 1.83. The van der Waals surface area contributed by atoms with Gasteiger partial charge >= 0.3 is 11.9 Å². The van der Waals surface area contributed by atoms with Crippen LogP contribution in [0.3, 0.4) is 0 Å². The number of methoxy groups -OCH3 is 2. The molecule has 2 rings (SSSR count). The number of carboxylic acid groups (broad SMARTS) is 2. The summed E-state index contributed by atoms with van der Waals surface area (Å²) in [6, 6.07) is 3.12. The van der Waals surface area contributed by atoms with Crippen LogP contribution in [0.1, 0.15) is 19.4 Å². The van der Waals surface area contributed by atoms with Gasteiger partial charge in [-0.25, -0.2) is 0 Å². The van der Waals surface area contributed by atoms with Crippen LogP contribution in [0.2, 0.25) is 0 Å². The molecule has 1 saturated heterocycles. The molecule has 12 heteroatoms. The minimum Gasteiger partial charge on any atom is -0.493 e. The molecule has 0 atom stereocenters. The summed E-state index contributed by atoms with van der Waals surface area (Å²) >= 11 is 6.05. The van der Waals surface area contributed by atoms with E-state index in [0.29, 0.717) is 5.56 Å². The number of carbonyl (C=O) groups excluding carboxylic acids is 2. The average molecular weight is 457 g/mol. The maximum Gasteiger partial charge on any atom is 0.323 e. The molecule has 1 aromatic carbocycles. The molecule has 1 aliphatic heterocycles. The van der Waals surface area contributed by atoms with Crippen LogP contribution in [0.25, 0.3) is 6.08 Å². The number of thioether (sulfide) groups is 1. The largest absolute Gasteiger partial charge is 0.493 e. The summed E-state index contributed by atoms with van der Waals surface area (Å²) in [7, 11) is 2.80. The Hall–Kier alpha value is -3.12. The van der Waals surface area contributed by atoms with Gasteiger partial charge in [-0.05, 0) is 23.8 Å². The molecule has 0 spiro atoms. The molecule has 10 nitrogen and oxygen atoms in total. The molecule has 30 heavy (non-hydrogen) atoms. The molecule has 0 bridgehead atoms. The molecule has 0 unspecified atom stereocenters. The van der Waals surface area contributed by atoms with Crippen molar-refractivity contribution in [1.82, 2.24) is 4.90 Å². The third-order valence-electron chi connectivity index (χ3n) is 3.19. The number of amides is 1. The van der Waals surface area contributed by atoms with Gasteiger partial charge in [-0.3, -0.25) is 24.1 Å². The van der Waals surface area contributed by atoms with Crippen LogP contribution in [0.15, 0.2) is 17.0 Å². The van der Waals surface area contributed by atoms with E-state index >= 15 is 0 Å². The molecule has 1 heterocycles. The monoisotopic (exact) mass is 457 g/mol. The molecule has 162 valence electrons. The average Bonchev–Trinajstić information content (AvgIpc) is 2.88. The van der Waals surface area contributed by atoms with Crippen molar-refractivity contribution in [3.05, 3.63) is 22.6 Å². The first-order valence-corrected chi connectivity index (χ1v) is 9.33. The van der Waals surface area contributed by atoms with Gasteiger partial charge in [-0.15, -0.1) is 0 Å². The van der Waals surface area contributed by atoms with Crippen molar-refractivity contribution in [2.45, 2.75) is 13.8 Å². The van der Waals surface area contributed by atoms with E-state index in [1.165, 1.54) is 27.2 Å². The summed E-state index contributed by atoms with van der Waals surface area (Å²) in [6.07, 6.45) is 1.53. The molecule has 1 amide bonds. The van der Waals surface area contributed by atoms with E-state index in [0.717, 1.165) is 23.6 Å². The van der Waals surface area contributed by atoms with E-state index in [1.54, 1.807) is 12.1 Å². The van der Waals surface area contributed by atoms with Crippen LogP contribution in [-0.4, -0.2) is 64.0 Å². The van der Waals surface area contributed by atoms with Gasteiger partial charge in [0.25, 0.3) is 11.9 Å². The number of esters is 1. The van der Waals surface area contributed by atoms with Crippen LogP contribution in [-0.2, 0) is 19.2 Å². The van der Waals surface area contributed by atoms with Crippen LogP contribution < -0.4 is 14.2 Å². The number of carbonyl (C=O) groups is 4. The quantitative estimate of drug-likeness (QED) is 0.280. The van der Waals surface area contributed by atoms with Crippen LogP contribution in [0, 0.1) is 0 Å². The highest BCUT2D eigenvalue weighted by atomic mass is 32.2. The number of rotatable bonds is 6. The second kappa shape index (κ2) is 11.2. The van der Waals surface area contributed by atoms with Crippen LogP contribution in [0.4, 0.5) is 0 Å². The standard InChI is InChI=1S/C16H15NO7S2.C2H4O2/c1-8(18)24-14-10(22-2)4-9(5-11(14)23-3)6-12-15(21)17(7-13(19)20)16(25)26-12;1-2(3)4/h4-6H,7H2,1-3H3,(H,19,20);1H3,(H,3,4)/b12-6+;. The van der Waals surface area contributed by atoms with Crippen LogP contribution >= 0.6 is 24.0 Å². The van der Waals surface area contributed by atoms with Crippen molar-refractivity contribution in [2.24, 2.45) is 0 Å². The number of carboxylic acids is 2. The Bertz CT molecular complexity index is 882. The van der Waals surface area contributed by atoms with E-state index in [4.69, 9.17) is 41.4 Å². The fourth-order valence-electron chi connectivity index (χ4n) is 2.15. The number of hydrogen-bond donors (Lipinski definition) is 2. The van der Waals surface area contributed by atoms with Gasteiger partial charge in [0.15, 0.2) is 11.5 Å². The predicted octanol–water partition coefficient (Wildman–Crippen LogP) is 2.01. The number of thiocarbonyl (C=S) groups is 1. The molecule has 2 N–H and O–H groups in total. The van der Waals surface area contributed by atoms with Crippen LogP contribution in [0.5, 0.6) is 17.2 Å². The Morgan fingerprint density at radius 2 is 1.63 bits per heavy atom. The van der Waals surface area contributed by atoms with Crippen molar-refractivity contribution in [1.29, 1.82) is 0 Å². The first-order valence-electron chi connectivity index (χ1n) is 8.11. The molecular formula is C18H19NO9S2. The molecule has 0 radical (unpaired) electrons. The van der Waals surface area contributed by atoms with Gasteiger partial charge in [0, 0.05) is 13.8 Å². The molecular weight excluding hydrogens is 438 g/mol. The fourth-order valence-corrected chi connectivity index (χ4v) is 3.41. The SMILES string of the molecule is CC(=O)O.COc1cc(/C=C2/SC(=S)N(CC(=O)O)C2=O)cc(OC)c1OC(C)=O. The topological polar surface area (TPSA) is 140 Å². The maximum absolute atomic E-state index is 12.3. The Morgan fingerprint density at radius 1 is 1.13 bits per heavy atom. The molecule has 0 saturated carbocycles. The summed E-state index contributed by atoms with van der Waals surface area (Å²) < 4.78 is 15.7. The second-order valence-corrected chi connectivity index (χ2v) is 7.20. The van der Waals surface area contributed by atoms with Gasteiger partial charge in [0.05, 0.1) is 19.1 Å². The lowest BCUT2D eigenvalue weighted by Gasteiger charge is -2.13. The zero-order valence-electron chi connectivity index (χ0n) is 16.5. The van der Waals surface area contributed by atoms with E-state index < -0.39 is 30.4 Å². The smallest absolute Gasteiger partial charge is 0.323 e. The van der Waals surface area contributed by atoms with Gasteiger partial charge in [-0.1, -0.05) is 24.0 Å². The van der Waals surface area contributed by atoms with E-state index in [2.05, 4.69) is 0 Å². The van der Waals surface area contributed by atoms with E-state index in [1.807, 2.05) is 0 Å². The first-order chi connectivity index (χ1) is 14.0. The number of hydrogen-bond acceptors (Lipinski definition) is 9. The first kappa shape index (κ1) is 24.9. The van der Waals surface area contributed by atoms with Gasteiger partial charge in [0.2, 0.25) is 5.75 Å². The lowest BCUT2D eigenvalue weighted by Crippen LogP contribution is -2.33. The number of ether oxygens (including phenoxy) is 3. The van der Waals surface area contributed by atoms with Gasteiger partial charge in [-0.2, -0.15) is 0 Å². The Labute approximate surface area is 181 Å². The Balaban J connectivity index is 0.00000103. The molecule has 1 aliphatic rings. The highest BCUT2D eigenvalue weighted by Crippen LogP contribution is 2.40. The van der Waals surface area contributed by atoms with Gasteiger partial charge in [0.1, 0.15) is 10.9 Å². The van der Waals surface area contributed by atoms with Gasteiger partial charge < -0.3 is 24.4 Å². The summed E-state index contributed by atoms with van der Waals surface area (Å²) in [5, 5.41) is 16.3. The predicted molar refractivity (Wildman–Crippen MR) is 112 cm³/mol. The van der Waals surface area contributed by atoms with Crippen molar-refractivity contribution in [3.63, 3.8) is 0 Å². The number of nitrogens with zero attached hydrogens (tertiary/aromatic N) is 1. The lowest BCUT2D eigenvalue weighted by atomic mass is 10.1. The molecule has 1 aromatic rings. The number of benzene rings is 1. The maximum atomic E-state index is 12.3. The fraction of sp³-hybridized carbons (Fsp3) is 0.278. The second-order valence-electron chi connectivity index (χ2n) is 5.53. The van der Waals surface area contributed by atoms with E-state index in [-0.39, 0.29) is 26.5 Å². The lowest BCUT2D eigenvalue weighted by molar-refractivity contribution is -0.140. The summed E-state index contributed by atoms with van der Waals surface area (Å²) in [4.78, 5) is 44.7. The third kappa shape index (κ3) is 7.04. The summed E-state index contributed by atoms with van der Waals surface area (Å²) in [5.74, 6) is -2.42. The minimum absolute atomic E-state index is 0.123. The van der Waals surface area contributed by atoms with Crippen molar-refractivity contribution in [2.75, 3.05) is 20.8 Å². The Morgan fingerprint density at radius 3 is 2.03 bits per heavy atom. The Kier molecular flexibility index (Phi) is 9.27. The zero-order chi connectivity index (χ0) is 23.0. The third-order valence-corrected chi connectivity index (χ3v) is 4.57.